The molecule has 0 radical (unpaired) electrons. The summed E-state index contributed by atoms with van der Waals surface area (Å²) in [6, 6.07) is 3.36. The zero-order valence-corrected chi connectivity index (χ0v) is 17.5. The average Bonchev–Trinajstić information content (AvgIpc) is 2.58. The number of alkyl carbamates (subject to hydrolysis) is 1. The molecule has 1 atom stereocenters. The molecule has 1 aromatic carbocycles. The third-order valence-electron chi connectivity index (χ3n) is 4.28. The normalized spacial score (nSPS) is 14.3. The fourth-order valence-electron chi connectivity index (χ4n) is 2.73. The predicted octanol–water partition coefficient (Wildman–Crippen LogP) is 4.64. The predicted molar refractivity (Wildman–Crippen MR) is 102 cm³/mol. The summed E-state index contributed by atoms with van der Waals surface area (Å²) in [6.07, 6.45) is -4.31. The van der Waals surface area contributed by atoms with Gasteiger partial charge >= 0.3 is 12.3 Å². The van der Waals surface area contributed by atoms with E-state index in [0.29, 0.717) is 18.4 Å². The third kappa shape index (κ3) is 8.49. The molecule has 0 fully saturated rings. The van der Waals surface area contributed by atoms with Crippen molar-refractivity contribution in [2.45, 2.75) is 64.3 Å². The molecule has 0 saturated carbocycles. The van der Waals surface area contributed by atoms with E-state index < -0.39 is 34.7 Å². The highest BCUT2D eigenvalue weighted by Crippen LogP contribution is 2.36. The number of nitrogens with one attached hydrogen (secondary N) is 1. The van der Waals surface area contributed by atoms with Crippen molar-refractivity contribution in [3.63, 3.8) is 0 Å². The molecule has 1 amide bonds. The Labute approximate surface area is 169 Å². The molecule has 0 aliphatic rings. The van der Waals surface area contributed by atoms with Crippen LogP contribution in [0.4, 0.5) is 18.0 Å². The number of hydrogen-bond donors (Lipinski definition) is 2. The first-order valence-electron chi connectivity index (χ1n) is 9.29. The molecule has 0 bridgehead atoms. The molecule has 166 valence electrons. The maximum Gasteiger partial charge on any atom is 0.419 e. The van der Waals surface area contributed by atoms with Crippen molar-refractivity contribution < 1.29 is 37.3 Å². The number of rotatable bonds is 9. The summed E-state index contributed by atoms with van der Waals surface area (Å²) in [5.74, 6) is -0.821. The molecule has 0 aliphatic carbocycles. The molecule has 0 aliphatic heterocycles. The SMILES string of the molecule is CCC(CCc1ccc(O)c(C(F)(F)F)c1)(COCOC)NC(=O)OC(C)(C)C. The number of phenols is 1. The van der Waals surface area contributed by atoms with Crippen LogP contribution in [0, 0.1) is 0 Å². The lowest BCUT2D eigenvalue weighted by Gasteiger charge is -2.34. The van der Waals surface area contributed by atoms with Crippen molar-refractivity contribution in [2.75, 3.05) is 20.5 Å². The molecule has 0 saturated heterocycles. The highest BCUT2D eigenvalue weighted by molar-refractivity contribution is 5.68. The highest BCUT2D eigenvalue weighted by Gasteiger charge is 2.35. The van der Waals surface area contributed by atoms with Gasteiger partial charge in [-0.25, -0.2) is 4.79 Å². The number of halogens is 3. The quantitative estimate of drug-likeness (QED) is 0.449. The topological polar surface area (TPSA) is 77.0 Å². The van der Waals surface area contributed by atoms with Crippen molar-refractivity contribution in [3.05, 3.63) is 29.3 Å². The Morgan fingerprint density at radius 3 is 2.38 bits per heavy atom. The third-order valence-corrected chi connectivity index (χ3v) is 4.28. The summed E-state index contributed by atoms with van der Waals surface area (Å²) in [5, 5.41) is 12.3. The Balaban J connectivity index is 3.00. The standard InChI is InChI=1S/C20H30F3NO5/c1-6-19(12-28-13-27-5,24-17(26)29-18(2,3)4)10-9-14-7-8-16(25)15(11-14)20(21,22)23/h7-8,11,25H,6,9-10,12-13H2,1-5H3,(H,24,26). The van der Waals surface area contributed by atoms with Gasteiger partial charge in [-0.1, -0.05) is 13.0 Å². The Hall–Kier alpha value is -2.00. The van der Waals surface area contributed by atoms with Crippen molar-refractivity contribution in [1.29, 1.82) is 0 Å². The minimum absolute atomic E-state index is 0.00911. The minimum atomic E-state index is -4.65. The molecular formula is C20H30F3NO5. The molecule has 6 nitrogen and oxygen atoms in total. The second-order valence-electron chi connectivity index (χ2n) is 7.87. The number of carbonyl (C=O) groups excluding carboxylic acids is 1. The van der Waals surface area contributed by atoms with Crippen LogP contribution in [0.1, 0.15) is 51.7 Å². The van der Waals surface area contributed by atoms with Gasteiger partial charge in [0, 0.05) is 7.11 Å². The van der Waals surface area contributed by atoms with E-state index >= 15 is 0 Å². The number of hydrogen-bond acceptors (Lipinski definition) is 5. The monoisotopic (exact) mass is 421 g/mol. The minimum Gasteiger partial charge on any atom is -0.507 e. The second-order valence-corrected chi connectivity index (χ2v) is 7.87. The summed E-state index contributed by atoms with van der Waals surface area (Å²) in [5.41, 5.74) is -2.27. The van der Waals surface area contributed by atoms with E-state index in [9.17, 15) is 23.1 Å². The summed E-state index contributed by atoms with van der Waals surface area (Å²) >= 11 is 0. The van der Waals surface area contributed by atoms with E-state index in [1.54, 1.807) is 20.8 Å². The van der Waals surface area contributed by atoms with Gasteiger partial charge in [-0.15, -0.1) is 0 Å². The molecule has 2 N–H and O–H groups in total. The molecule has 29 heavy (non-hydrogen) atoms. The van der Waals surface area contributed by atoms with Crippen LogP contribution in [0.25, 0.3) is 0 Å². The number of alkyl halides is 3. The molecule has 1 rings (SSSR count). The zero-order valence-electron chi connectivity index (χ0n) is 17.5. The first-order chi connectivity index (χ1) is 13.3. The molecule has 0 aromatic heterocycles. The van der Waals surface area contributed by atoms with Crippen LogP contribution in [0.5, 0.6) is 5.75 Å². The first-order valence-corrected chi connectivity index (χ1v) is 9.29. The van der Waals surface area contributed by atoms with Crippen LogP contribution in [0.15, 0.2) is 18.2 Å². The van der Waals surface area contributed by atoms with Gasteiger partial charge in [0.05, 0.1) is 17.7 Å². The van der Waals surface area contributed by atoms with Crippen LogP contribution in [0.3, 0.4) is 0 Å². The van der Waals surface area contributed by atoms with E-state index in [-0.39, 0.29) is 19.8 Å². The highest BCUT2D eigenvalue weighted by atomic mass is 19.4. The van der Waals surface area contributed by atoms with Crippen LogP contribution in [-0.2, 0) is 26.8 Å². The number of phenolic OH excluding ortho intramolecular Hbond substituents is 1. The van der Waals surface area contributed by atoms with Crippen LogP contribution in [0.2, 0.25) is 0 Å². The number of methoxy groups -OCH3 is 1. The molecule has 0 spiro atoms. The number of amides is 1. The lowest BCUT2D eigenvalue weighted by molar-refractivity contribution is -0.138. The van der Waals surface area contributed by atoms with Gasteiger partial charge in [-0.3, -0.25) is 0 Å². The molecule has 1 aromatic rings. The van der Waals surface area contributed by atoms with Crippen LogP contribution >= 0.6 is 0 Å². The van der Waals surface area contributed by atoms with E-state index in [0.717, 1.165) is 12.1 Å². The van der Waals surface area contributed by atoms with E-state index in [4.69, 9.17) is 14.2 Å². The Morgan fingerprint density at radius 1 is 1.21 bits per heavy atom. The Kier molecular flexibility index (Phi) is 8.77. The van der Waals surface area contributed by atoms with Gasteiger partial charge < -0.3 is 24.6 Å². The summed E-state index contributed by atoms with van der Waals surface area (Å²) < 4.78 is 54.7. The van der Waals surface area contributed by atoms with Gasteiger partial charge in [0.2, 0.25) is 0 Å². The summed E-state index contributed by atoms with van der Waals surface area (Å²) in [4.78, 5) is 12.3. The molecule has 9 heteroatoms. The smallest absolute Gasteiger partial charge is 0.419 e. The number of benzene rings is 1. The fourth-order valence-corrected chi connectivity index (χ4v) is 2.73. The Bertz CT molecular complexity index is 673. The lowest BCUT2D eigenvalue weighted by Crippen LogP contribution is -2.53. The summed E-state index contributed by atoms with van der Waals surface area (Å²) in [6.45, 7) is 7.14. The molecule has 1 unspecified atom stereocenters. The van der Waals surface area contributed by atoms with Crippen LogP contribution < -0.4 is 5.32 Å². The number of aromatic hydroxyl groups is 1. The number of carbonyl (C=O) groups is 1. The maximum absolute atomic E-state index is 13.0. The van der Waals surface area contributed by atoms with E-state index in [1.165, 1.54) is 13.2 Å². The average molecular weight is 421 g/mol. The van der Waals surface area contributed by atoms with Gasteiger partial charge in [0.1, 0.15) is 18.1 Å². The largest absolute Gasteiger partial charge is 0.507 e. The zero-order chi connectivity index (χ0) is 22.3. The second kappa shape index (κ2) is 10.2. The van der Waals surface area contributed by atoms with Gasteiger partial charge in [-0.2, -0.15) is 13.2 Å². The van der Waals surface area contributed by atoms with Crippen molar-refractivity contribution >= 4 is 6.09 Å². The summed E-state index contributed by atoms with van der Waals surface area (Å²) in [7, 11) is 1.46. The lowest BCUT2D eigenvalue weighted by atomic mass is 9.89. The molecular weight excluding hydrogens is 391 g/mol. The van der Waals surface area contributed by atoms with E-state index in [2.05, 4.69) is 5.32 Å². The van der Waals surface area contributed by atoms with Crippen LogP contribution in [-0.4, -0.2) is 42.8 Å². The van der Waals surface area contributed by atoms with Gasteiger partial charge in [-0.05, 0) is 57.7 Å². The Morgan fingerprint density at radius 2 is 1.86 bits per heavy atom. The molecule has 0 heterocycles. The van der Waals surface area contributed by atoms with Crippen molar-refractivity contribution in [3.8, 4) is 5.75 Å². The number of aryl methyl sites for hydroxylation is 1. The maximum atomic E-state index is 13.0. The van der Waals surface area contributed by atoms with E-state index in [1.807, 2.05) is 6.92 Å². The van der Waals surface area contributed by atoms with Crippen molar-refractivity contribution in [1.82, 2.24) is 5.32 Å². The van der Waals surface area contributed by atoms with Gasteiger partial charge in [0.15, 0.2) is 0 Å². The number of ether oxygens (including phenoxy) is 3. The van der Waals surface area contributed by atoms with Crippen molar-refractivity contribution in [2.24, 2.45) is 0 Å². The fraction of sp³-hybridized carbons (Fsp3) is 0.650. The van der Waals surface area contributed by atoms with Gasteiger partial charge in [0.25, 0.3) is 0 Å². The first kappa shape index (κ1) is 25.0.